The van der Waals surface area contributed by atoms with E-state index >= 15 is 0 Å². The molecular weight excluding hydrogens is 298 g/mol. The van der Waals surface area contributed by atoms with E-state index in [1.807, 2.05) is 12.1 Å². The van der Waals surface area contributed by atoms with Crippen LogP contribution in [-0.4, -0.2) is 11.0 Å². The molecule has 0 radical (unpaired) electrons. The Labute approximate surface area is 144 Å². The largest absolute Gasteiger partial charge is 0.508 e. The summed E-state index contributed by atoms with van der Waals surface area (Å²) in [5.41, 5.74) is 3.24. The molecule has 0 bridgehead atoms. The van der Waals surface area contributed by atoms with Crippen molar-refractivity contribution in [1.82, 2.24) is 5.32 Å². The predicted octanol–water partition coefficient (Wildman–Crippen LogP) is 4.40. The maximum absolute atomic E-state index is 12.3. The summed E-state index contributed by atoms with van der Waals surface area (Å²) in [6.07, 6.45) is 1.92. The van der Waals surface area contributed by atoms with Gasteiger partial charge in [0.1, 0.15) is 5.75 Å². The van der Waals surface area contributed by atoms with Crippen LogP contribution >= 0.6 is 0 Å². The summed E-state index contributed by atoms with van der Waals surface area (Å²) in [5, 5.41) is 12.9. The van der Waals surface area contributed by atoms with Crippen molar-refractivity contribution in [2.45, 2.75) is 46.1 Å². The topological polar surface area (TPSA) is 49.3 Å². The molecule has 3 heteroatoms. The van der Waals surface area contributed by atoms with E-state index in [0.717, 1.165) is 17.5 Å². The molecule has 0 aliphatic carbocycles. The van der Waals surface area contributed by atoms with Gasteiger partial charge in [-0.2, -0.15) is 0 Å². The van der Waals surface area contributed by atoms with E-state index in [1.165, 1.54) is 5.56 Å². The zero-order chi connectivity index (χ0) is 17.5. The Hall–Kier alpha value is -2.29. The highest BCUT2D eigenvalue weighted by molar-refractivity contribution is 5.76. The number of hydrogen-bond acceptors (Lipinski definition) is 2. The molecule has 24 heavy (non-hydrogen) atoms. The van der Waals surface area contributed by atoms with Crippen LogP contribution < -0.4 is 5.32 Å². The number of phenols is 1. The fraction of sp³-hybridized carbons (Fsp3) is 0.381. The van der Waals surface area contributed by atoms with Gasteiger partial charge in [0.15, 0.2) is 0 Å². The van der Waals surface area contributed by atoms with Crippen LogP contribution in [0, 0.1) is 5.92 Å². The summed E-state index contributed by atoms with van der Waals surface area (Å²) < 4.78 is 0. The van der Waals surface area contributed by atoms with Gasteiger partial charge in [-0.1, -0.05) is 63.2 Å². The minimum atomic E-state index is 0.00720. The number of hydrogen-bond donors (Lipinski definition) is 2. The highest BCUT2D eigenvalue weighted by Gasteiger charge is 2.18. The Morgan fingerprint density at radius 2 is 1.75 bits per heavy atom. The standard InChI is InChI=1S/C21H27NO2/c1-4-16-9-11-18(12-10-16)21(15(2)3)22-20(24)14-13-17-7-5-6-8-19(17)23/h5-12,15,21,23H,4,13-14H2,1-3H3,(H,22,24). The van der Waals surface area contributed by atoms with Gasteiger partial charge in [0.2, 0.25) is 5.91 Å². The number of rotatable bonds is 7. The summed E-state index contributed by atoms with van der Waals surface area (Å²) in [6.45, 7) is 6.36. The summed E-state index contributed by atoms with van der Waals surface area (Å²) >= 11 is 0. The molecule has 0 fully saturated rings. The summed E-state index contributed by atoms with van der Waals surface area (Å²) in [7, 11) is 0. The summed E-state index contributed by atoms with van der Waals surface area (Å²) in [6, 6.07) is 15.6. The van der Waals surface area contributed by atoms with Gasteiger partial charge < -0.3 is 10.4 Å². The first kappa shape index (κ1) is 18.1. The monoisotopic (exact) mass is 325 g/mol. The third-order valence-electron chi connectivity index (χ3n) is 4.34. The van der Waals surface area contributed by atoms with Crippen molar-refractivity contribution in [3.05, 3.63) is 65.2 Å². The van der Waals surface area contributed by atoms with Crippen molar-refractivity contribution in [2.75, 3.05) is 0 Å². The normalized spacial score (nSPS) is 12.2. The fourth-order valence-electron chi connectivity index (χ4n) is 2.81. The molecular formula is C21H27NO2. The Bertz CT molecular complexity index is 662. The van der Waals surface area contributed by atoms with E-state index in [9.17, 15) is 9.90 Å². The Morgan fingerprint density at radius 3 is 2.33 bits per heavy atom. The molecule has 0 heterocycles. The highest BCUT2D eigenvalue weighted by atomic mass is 16.3. The molecule has 0 aliphatic rings. The lowest BCUT2D eigenvalue weighted by Gasteiger charge is -2.23. The number of benzene rings is 2. The van der Waals surface area contributed by atoms with Gasteiger partial charge in [0.05, 0.1) is 6.04 Å². The van der Waals surface area contributed by atoms with E-state index in [4.69, 9.17) is 0 Å². The van der Waals surface area contributed by atoms with Crippen LogP contribution in [0.15, 0.2) is 48.5 Å². The minimum absolute atomic E-state index is 0.00720. The lowest BCUT2D eigenvalue weighted by molar-refractivity contribution is -0.122. The van der Waals surface area contributed by atoms with Crippen LogP contribution in [0.4, 0.5) is 0 Å². The van der Waals surface area contributed by atoms with Crippen molar-refractivity contribution in [2.24, 2.45) is 5.92 Å². The molecule has 3 nitrogen and oxygen atoms in total. The molecule has 2 rings (SSSR count). The summed E-state index contributed by atoms with van der Waals surface area (Å²) in [5.74, 6) is 0.573. The predicted molar refractivity (Wildman–Crippen MR) is 98.0 cm³/mol. The van der Waals surface area contributed by atoms with Crippen LogP contribution in [0.25, 0.3) is 0 Å². The van der Waals surface area contributed by atoms with Crippen LogP contribution in [0.1, 0.15) is 49.9 Å². The first-order valence-electron chi connectivity index (χ1n) is 8.66. The van der Waals surface area contributed by atoms with Crippen molar-refractivity contribution in [1.29, 1.82) is 0 Å². The first-order valence-corrected chi connectivity index (χ1v) is 8.66. The van der Waals surface area contributed by atoms with E-state index in [1.54, 1.807) is 12.1 Å². The van der Waals surface area contributed by atoms with Gasteiger partial charge >= 0.3 is 0 Å². The number of amides is 1. The van der Waals surface area contributed by atoms with Crippen LogP contribution in [0.5, 0.6) is 5.75 Å². The molecule has 0 saturated carbocycles. The number of para-hydroxylation sites is 1. The van der Waals surface area contributed by atoms with Gasteiger partial charge in [0.25, 0.3) is 0 Å². The lowest BCUT2D eigenvalue weighted by atomic mass is 9.94. The average Bonchev–Trinajstić information content (AvgIpc) is 2.59. The molecule has 2 N–H and O–H groups in total. The van der Waals surface area contributed by atoms with Gasteiger partial charge in [-0.05, 0) is 41.5 Å². The number of carbonyl (C=O) groups excluding carboxylic acids is 1. The third kappa shape index (κ3) is 4.85. The number of aromatic hydroxyl groups is 1. The molecule has 2 aromatic rings. The van der Waals surface area contributed by atoms with Crippen LogP contribution in [0.2, 0.25) is 0 Å². The number of phenolic OH excluding ortho intramolecular Hbond substituents is 1. The van der Waals surface area contributed by atoms with Crippen molar-refractivity contribution in [3.63, 3.8) is 0 Å². The molecule has 1 amide bonds. The number of nitrogens with one attached hydrogen (secondary N) is 1. The van der Waals surface area contributed by atoms with Crippen molar-refractivity contribution < 1.29 is 9.90 Å². The number of aryl methyl sites for hydroxylation is 2. The van der Waals surface area contributed by atoms with E-state index < -0.39 is 0 Å². The molecule has 0 aromatic heterocycles. The first-order chi connectivity index (χ1) is 11.5. The molecule has 1 unspecified atom stereocenters. The quantitative estimate of drug-likeness (QED) is 0.792. The van der Waals surface area contributed by atoms with E-state index in [2.05, 4.69) is 50.4 Å². The Kier molecular flexibility index (Phi) is 6.42. The highest BCUT2D eigenvalue weighted by Crippen LogP contribution is 2.23. The molecule has 0 saturated heterocycles. The molecule has 0 spiro atoms. The maximum atomic E-state index is 12.3. The van der Waals surface area contributed by atoms with Crippen molar-refractivity contribution >= 4 is 5.91 Å². The Balaban J connectivity index is 1.99. The summed E-state index contributed by atoms with van der Waals surface area (Å²) in [4.78, 5) is 12.3. The third-order valence-corrected chi connectivity index (χ3v) is 4.34. The van der Waals surface area contributed by atoms with Gasteiger partial charge in [0, 0.05) is 6.42 Å². The maximum Gasteiger partial charge on any atom is 0.220 e. The van der Waals surface area contributed by atoms with E-state index in [0.29, 0.717) is 18.8 Å². The Morgan fingerprint density at radius 1 is 1.08 bits per heavy atom. The van der Waals surface area contributed by atoms with E-state index in [-0.39, 0.29) is 17.7 Å². The molecule has 2 aromatic carbocycles. The second-order valence-electron chi connectivity index (χ2n) is 6.51. The second kappa shape index (κ2) is 8.53. The lowest BCUT2D eigenvalue weighted by Crippen LogP contribution is -2.31. The van der Waals surface area contributed by atoms with Crippen LogP contribution in [0.3, 0.4) is 0 Å². The molecule has 0 aliphatic heterocycles. The SMILES string of the molecule is CCc1ccc(C(NC(=O)CCc2ccccc2O)C(C)C)cc1. The fourth-order valence-corrected chi connectivity index (χ4v) is 2.81. The average molecular weight is 325 g/mol. The zero-order valence-electron chi connectivity index (χ0n) is 14.8. The second-order valence-corrected chi connectivity index (χ2v) is 6.51. The van der Waals surface area contributed by atoms with Crippen LogP contribution in [-0.2, 0) is 17.6 Å². The molecule has 1 atom stereocenters. The zero-order valence-corrected chi connectivity index (χ0v) is 14.8. The smallest absolute Gasteiger partial charge is 0.220 e. The minimum Gasteiger partial charge on any atom is -0.508 e. The van der Waals surface area contributed by atoms with Crippen molar-refractivity contribution in [3.8, 4) is 5.75 Å². The number of carbonyl (C=O) groups is 1. The van der Waals surface area contributed by atoms with Gasteiger partial charge in [-0.25, -0.2) is 0 Å². The van der Waals surface area contributed by atoms with Gasteiger partial charge in [-0.3, -0.25) is 4.79 Å². The van der Waals surface area contributed by atoms with Gasteiger partial charge in [-0.15, -0.1) is 0 Å². The molecule has 128 valence electrons.